The van der Waals surface area contributed by atoms with Gasteiger partial charge in [-0.3, -0.25) is 9.69 Å². The van der Waals surface area contributed by atoms with Gasteiger partial charge in [-0.15, -0.1) is 0 Å². The zero-order valence-corrected chi connectivity index (χ0v) is 16.3. The van der Waals surface area contributed by atoms with Crippen molar-refractivity contribution in [2.75, 3.05) is 19.7 Å². The number of nitrogens with one attached hydrogen (secondary N) is 1. The van der Waals surface area contributed by atoms with Crippen LogP contribution in [-0.2, 0) is 17.9 Å². The Morgan fingerprint density at radius 3 is 2.23 bits per heavy atom. The van der Waals surface area contributed by atoms with Crippen molar-refractivity contribution in [3.05, 3.63) is 64.7 Å². The van der Waals surface area contributed by atoms with Crippen LogP contribution in [0.3, 0.4) is 0 Å². The Bertz CT molecular complexity index is 704. The molecule has 0 aromatic heterocycles. The van der Waals surface area contributed by atoms with E-state index in [0.717, 1.165) is 42.1 Å². The smallest absolute Gasteiger partial charge is 0.258 e. The predicted molar refractivity (Wildman–Crippen MR) is 106 cm³/mol. The summed E-state index contributed by atoms with van der Waals surface area (Å²) in [4.78, 5) is 14.5. The van der Waals surface area contributed by atoms with Crippen molar-refractivity contribution in [2.45, 2.75) is 40.8 Å². The summed E-state index contributed by atoms with van der Waals surface area (Å²) in [6.07, 6.45) is 0. The average molecular weight is 354 g/mol. The van der Waals surface area contributed by atoms with Gasteiger partial charge in [-0.2, -0.15) is 0 Å². The Morgan fingerprint density at radius 1 is 1.00 bits per heavy atom. The largest absolute Gasteiger partial charge is 0.484 e. The molecule has 1 amide bonds. The zero-order valence-electron chi connectivity index (χ0n) is 16.3. The van der Waals surface area contributed by atoms with Gasteiger partial charge in [0, 0.05) is 13.1 Å². The summed E-state index contributed by atoms with van der Waals surface area (Å²) in [5.74, 6) is 0.626. The van der Waals surface area contributed by atoms with E-state index in [1.165, 1.54) is 5.56 Å². The summed E-state index contributed by atoms with van der Waals surface area (Å²) in [5, 5.41) is 2.97. The number of carbonyl (C=O) groups is 1. The van der Waals surface area contributed by atoms with Crippen LogP contribution in [-0.4, -0.2) is 30.5 Å². The molecule has 0 bridgehead atoms. The monoisotopic (exact) mass is 354 g/mol. The fraction of sp³-hybridized carbons (Fsp3) is 0.409. The van der Waals surface area contributed by atoms with E-state index >= 15 is 0 Å². The maximum Gasteiger partial charge on any atom is 0.258 e. The number of nitrogens with zero attached hydrogens (tertiary/aromatic N) is 1. The van der Waals surface area contributed by atoms with Gasteiger partial charge in [-0.1, -0.05) is 44.2 Å². The number of hydrogen-bond acceptors (Lipinski definition) is 3. The number of aryl methyl sites for hydroxylation is 2. The third kappa shape index (κ3) is 6.19. The van der Waals surface area contributed by atoms with Gasteiger partial charge in [0.1, 0.15) is 5.75 Å². The van der Waals surface area contributed by atoms with Crippen LogP contribution >= 0.6 is 0 Å². The maximum absolute atomic E-state index is 12.2. The molecule has 0 unspecified atom stereocenters. The standard InChI is InChI=1S/C22H30N2O2/c1-5-24(6-2)15-20-10-8-7-9-19(20)14-23-22(25)16-26-21-12-17(3)11-18(4)13-21/h7-13H,5-6,14-16H2,1-4H3,(H,23,25). The molecule has 140 valence electrons. The SMILES string of the molecule is CCN(CC)Cc1ccccc1CNC(=O)COc1cc(C)cc(C)c1. The third-order valence-corrected chi connectivity index (χ3v) is 4.45. The molecule has 0 spiro atoms. The molecular formula is C22H30N2O2. The van der Waals surface area contributed by atoms with Gasteiger partial charge in [-0.25, -0.2) is 0 Å². The topological polar surface area (TPSA) is 41.6 Å². The molecule has 0 aliphatic rings. The van der Waals surface area contributed by atoms with Gasteiger partial charge in [-0.05, 0) is 61.3 Å². The van der Waals surface area contributed by atoms with Crippen molar-refractivity contribution in [2.24, 2.45) is 0 Å². The molecule has 2 aromatic rings. The highest BCUT2D eigenvalue weighted by Crippen LogP contribution is 2.16. The first-order chi connectivity index (χ1) is 12.5. The second-order valence-electron chi connectivity index (χ2n) is 6.62. The zero-order chi connectivity index (χ0) is 18.9. The van der Waals surface area contributed by atoms with Crippen molar-refractivity contribution in [3.8, 4) is 5.75 Å². The number of benzene rings is 2. The molecule has 4 heteroatoms. The molecule has 0 aliphatic heterocycles. The first-order valence-corrected chi connectivity index (χ1v) is 9.28. The Kier molecular flexibility index (Phi) is 7.67. The molecule has 2 rings (SSSR count). The minimum atomic E-state index is -0.109. The fourth-order valence-electron chi connectivity index (χ4n) is 2.98. The maximum atomic E-state index is 12.2. The summed E-state index contributed by atoms with van der Waals surface area (Å²) >= 11 is 0. The second kappa shape index (κ2) is 9.97. The van der Waals surface area contributed by atoms with E-state index < -0.39 is 0 Å². The van der Waals surface area contributed by atoms with Gasteiger partial charge in [0.15, 0.2) is 6.61 Å². The van der Waals surface area contributed by atoms with Crippen molar-refractivity contribution >= 4 is 5.91 Å². The molecule has 1 N–H and O–H groups in total. The molecule has 2 aromatic carbocycles. The molecule has 0 saturated carbocycles. The summed E-state index contributed by atoms with van der Waals surface area (Å²) in [7, 11) is 0. The Morgan fingerprint density at radius 2 is 1.62 bits per heavy atom. The molecule has 0 radical (unpaired) electrons. The van der Waals surface area contributed by atoms with E-state index in [0.29, 0.717) is 6.54 Å². The van der Waals surface area contributed by atoms with Crippen LogP contribution in [0.15, 0.2) is 42.5 Å². The van der Waals surface area contributed by atoms with Gasteiger partial charge in [0.2, 0.25) is 0 Å². The lowest BCUT2D eigenvalue weighted by atomic mass is 10.1. The highest BCUT2D eigenvalue weighted by molar-refractivity contribution is 5.77. The van der Waals surface area contributed by atoms with E-state index in [1.54, 1.807) is 0 Å². The highest BCUT2D eigenvalue weighted by Gasteiger charge is 2.08. The van der Waals surface area contributed by atoms with Crippen LogP contribution in [0, 0.1) is 13.8 Å². The number of carbonyl (C=O) groups excluding carboxylic acids is 1. The molecule has 4 nitrogen and oxygen atoms in total. The number of ether oxygens (including phenoxy) is 1. The Hall–Kier alpha value is -2.33. The van der Waals surface area contributed by atoms with Crippen molar-refractivity contribution in [3.63, 3.8) is 0 Å². The van der Waals surface area contributed by atoms with Crippen molar-refractivity contribution in [1.29, 1.82) is 0 Å². The molecular weight excluding hydrogens is 324 g/mol. The normalized spacial score (nSPS) is 10.8. The molecule has 0 aliphatic carbocycles. The van der Waals surface area contributed by atoms with Gasteiger partial charge in [0.05, 0.1) is 0 Å². The predicted octanol–water partition coefficient (Wildman–Crippen LogP) is 3.84. The van der Waals surface area contributed by atoms with Crippen molar-refractivity contribution < 1.29 is 9.53 Å². The lowest BCUT2D eigenvalue weighted by Crippen LogP contribution is -2.29. The molecule has 0 atom stereocenters. The first kappa shape index (κ1) is 20.0. The van der Waals surface area contributed by atoms with Gasteiger partial charge < -0.3 is 10.1 Å². The lowest BCUT2D eigenvalue weighted by Gasteiger charge is -2.20. The summed E-state index contributed by atoms with van der Waals surface area (Å²) in [6.45, 7) is 11.9. The molecule has 0 heterocycles. The minimum Gasteiger partial charge on any atom is -0.484 e. The fourth-order valence-corrected chi connectivity index (χ4v) is 2.98. The van der Waals surface area contributed by atoms with E-state index in [4.69, 9.17) is 4.74 Å². The van der Waals surface area contributed by atoms with E-state index in [2.05, 4.69) is 42.3 Å². The van der Waals surface area contributed by atoms with Crippen LogP contribution in [0.1, 0.15) is 36.1 Å². The quantitative estimate of drug-likeness (QED) is 0.744. The highest BCUT2D eigenvalue weighted by atomic mass is 16.5. The molecule has 0 fully saturated rings. The second-order valence-corrected chi connectivity index (χ2v) is 6.62. The first-order valence-electron chi connectivity index (χ1n) is 9.28. The summed E-state index contributed by atoms with van der Waals surface area (Å²) < 4.78 is 5.63. The third-order valence-electron chi connectivity index (χ3n) is 4.45. The van der Waals surface area contributed by atoms with E-state index in [1.807, 2.05) is 38.1 Å². The number of amides is 1. The van der Waals surface area contributed by atoms with Crippen LogP contribution < -0.4 is 10.1 Å². The Balaban J connectivity index is 1.89. The van der Waals surface area contributed by atoms with Gasteiger partial charge in [0.25, 0.3) is 5.91 Å². The van der Waals surface area contributed by atoms with E-state index in [-0.39, 0.29) is 12.5 Å². The summed E-state index contributed by atoms with van der Waals surface area (Å²) in [6, 6.07) is 14.2. The van der Waals surface area contributed by atoms with Crippen LogP contribution in [0.2, 0.25) is 0 Å². The minimum absolute atomic E-state index is 0.0289. The van der Waals surface area contributed by atoms with Crippen LogP contribution in [0.5, 0.6) is 5.75 Å². The average Bonchev–Trinajstić information content (AvgIpc) is 2.62. The Labute approximate surface area is 157 Å². The van der Waals surface area contributed by atoms with Crippen molar-refractivity contribution in [1.82, 2.24) is 10.2 Å². The van der Waals surface area contributed by atoms with Gasteiger partial charge >= 0.3 is 0 Å². The van der Waals surface area contributed by atoms with Crippen LogP contribution in [0.25, 0.3) is 0 Å². The lowest BCUT2D eigenvalue weighted by molar-refractivity contribution is -0.123. The molecule has 26 heavy (non-hydrogen) atoms. The summed E-state index contributed by atoms with van der Waals surface area (Å²) in [5.41, 5.74) is 4.67. The molecule has 0 saturated heterocycles. The van der Waals surface area contributed by atoms with Crippen LogP contribution in [0.4, 0.5) is 0 Å². The van der Waals surface area contributed by atoms with E-state index in [9.17, 15) is 4.79 Å². The number of hydrogen-bond donors (Lipinski definition) is 1. The number of rotatable bonds is 9.